The Labute approximate surface area is 142 Å². The molecule has 4 rings (SSSR count). The molecular weight excluding hydrogens is 324 g/mol. The molecule has 0 saturated carbocycles. The molecule has 4 N–H and O–H groups in total. The van der Waals surface area contributed by atoms with Crippen LogP contribution in [0, 0.1) is 0 Å². The Hall–Kier alpha value is -3.20. The SMILES string of the molecule is NC(=O)c1ncn2c(C(=O)N3CC[C@@H](N)C3)cc(-c3ccco3)nc12. The first kappa shape index (κ1) is 15.3. The van der Waals surface area contributed by atoms with Gasteiger partial charge in [-0.25, -0.2) is 9.97 Å². The van der Waals surface area contributed by atoms with Crippen molar-refractivity contribution in [1.82, 2.24) is 19.3 Å². The number of likely N-dealkylation sites (tertiary alicyclic amines) is 1. The molecule has 1 aliphatic heterocycles. The van der Waals surface area contributed by atoms with E-state index in [1.165, 1.54) is 17.0 Å². The van der Waals surface area contributed by atoms with E-state index in [-0.39, 0.29) is 23.3 Å². The van der Waals surface area contributed by atoms with Crippen LogP contribution in [0.15, 0.2) is 35.2 Å². The summed E-state index contributed by atoms with van der Waals surface area (Å²) in [6, 6.07) is 5.02. The third-order valence-electron chi connectivity index (χ3n) is 4.24. The van der Waals surface area contributed by atoms with Crippen LogP contribution >= 0.6 is 0 Å². The maximum Gasteiger partial charge on any atom is 0.271 e. The van der Waals surface area contributed by atoms with Crippen molar-refractivity contribution in [3.05, 3.63) is 42.2 Å². The molecule has 9 nitrogen and oxygen atoms in total. The topological polar surface area (TPSA) is 133 Å². The summed E-state index contributed by atoms with van der Waals surface area (Å²) in [5.74, 6) is -0.443. The molecule has 0 spiro atoms. The maximum absolute atomic E-state index is 13.0. The van der Waals surface area contributed by atoms with E-state index in [2.05, 4.69) is 9.97 Å². The lowest BCUT2D eigenvalue weighted by atomic mass is 10.2. The van der Waals surface area contributed by atoms with E-state index in [1.54, 1.807) is 23.1 Å². The zero-order valence-electron chi connectivity index (χ0n) is 13.3. The lowest BCUT2D eigenvalue weighted by molar-refractivity contribution is 0.0783. The number of primary amides is 1. The second kappa shape index (κ2) is 5.71. The monoisotopic (exact) mass is 340 g/mol. The van der Waals surface area contributed by atoms with Gasteiger partial charge in [0.05, 0.1) is 6.26 Å². The van der Waals surface area contributed by atoms with E-state index in [0.29, 0.717) is 30.2 Å². The van der Waals surface area contributed by atoms with Crippen molar-refractivity contribution < 1.29 is 14.0 Å². The standard InChI is InChI=1S/C16H16N6O3/c17-9-3-4-21(7-9)16(24)11-6-10(12-2-1-5-25-12)20-15-13(14(18)23)19-8-22(11)15/h1-2,5-6,8-9H,3-4,7,17H2,(H2,18,23)/t9-/m1/s1. The molecule has 0 unspecified atom stereocenters. The molecule has 128 valence electrons. The fraction of sp³-hybridized carbons (Fsp3) is 0.250. The van der Waals surface area contributed by atoms with Crippen LogP contribution in [0.25, 0.3) is 17.1 Å². The van der Waals surface area contributed by atoms with E-state index in [0.717, 1.165) is 6.42 Å². The molecule has 4 heterocycles. The van der Waals surface area contributed by atoms with Gasteiger partial charge in [0.25, 0.3) is 11.8 Å². The van der Waals surface area contributed by atoms with E-state index in [1.807, 2.05) is 0 Å². The molecule has 2 amide bonds. The van der Waals surface area contributed by atoms with Gasteiger partial charge in [-0.15, -0.1) is 0 Å². The van der Waals surface area contributed by atoms with E-state index in [9.17, 15) is 9.59 Å². The van der Waals surface area contributed by atoms with Crippen LogP contribution in [-0.2, 0) is 0 Å². The molecule has 0 bridgehead atoms. The molecule has 3 aromatic rings. The molecule has 1 fully saturated rings. The zero-order valence-corrected chi connectivity index (χ0v) is 13.3. The van der Waals surface area contributed by atoms with Crippen LogP contribution in [0.2, 0.25) is 0 Å². The van der Waals surface area contributed by atoms with E-state index >= 15 is 0 Å². The Bertz CT molecular complexity index is 962. The van der Waals surface area contributed by atoms with Crippen LogP contribution in [-0.4, -0.2) is 50.2 Å². The van der Waals surface area contributed by atoms with Crippen LogP contribution in [0.5, 0.6) is 0 Å². The van der Waals surface area contributed by atoms with Crippen molar-refractivity contribution in [2.24, 2.45) is 11.5 Å². The molecule has 0 aliphatic carbocycles. The lowest BCUT2D eigenvalue weighted by Gasteiger charge is -2.17. The first-order valence-corrected chi connectivity index (χ1v) is 7.81. The number of aromatic nitrogens is 3. The van der Waals surface area contributed by atoms with Crippen LogP contribution < -0.4 is 11.5 Å². The van der Waals surface area contributed by atoms with Gasteiger partial charge in [-0.05, 0) is 24.6 Å². The molecule has 25 heavy (non-hydrogen) atoms. The fourth-order valence-corrected chi connectivity index (χ4v) is 2.99. The number of amides is 2. The fourth-order valence-electron chi connectivity index (χ4n) is 2.99. The molecule has 1 aliphatic rings. The van der Waals surface area contributed by atoms with Gasteiger partial charge >= 0.3 is 0 Å². The number of furan rings is 1. The Kier molecular flexibility index (Phi) is 3.50. The summed E-state index contributed by atoms with van der Waals surface area (Å²) < 4.78 is 6.84. The molecule has 3 aromatic heterocycles. The third-order valence-corrected chi connectivity index (χ3v) is 4.24. The highest BCUT2D eigenvalue weighted by Crippen LogP contribution is 2.23. The largest absolute Gasteiger partial charge is 0.463 e. The summed E-state index contributed by atoms with van der Waals surface area (Å²) in [7, 11) is 0. The van der Waals surface area contributed by atoms with Gasteiger partial charge in [-0.3, -0.25) is 14.0 Å². The zero-order chi connectivity index (χ0) is 17.6. The van der Waals surface area contributed by atoms with Crippen molar-refractivity contribution in [2.75, 3.05) is 13.1 Å². The van der Waals surface area contributed by atoms with Crippen LogP contribution in [0.3, 0.4) is 0 Å². The van der Waals surface area contributed by atoms with Crippen LogP contribution in [0.1, 0.15) is 27.4 Å². The number of rotatable bonds is 3. The van der Waals surface area contributed by atoms with Gasteiger partial charge < -0.3 is 20.8 Å². The van der Waals surface area contributed by atoms with Gasteiger partial charge in [-0.2, -0.15) is 0 Å². The number of nitrogens with zero attached hydrogens (tertiary/aromatic N) is 4. The van der Waals surface area contributed by atoms with E-state index < -0.39 is 5.91 Å². The van der Waals surface area contributed by atoms with E-state index in [4.69, 9.17) is 15.9 Å². The van der Waals surface area contributed by atoms with Crippen LogP contribution in [0.4, 0.5) is 0 Å². The van der Waals surface area contributed by atoms with Crippen molar-refractivity contribution in [1.29, 1.82) is 0 Å². The Morgan fingerprint density at radius 2 is 2.20 bits per heavy atom. The summed E-state index contributed by atoms with van der Waals surface area (Å²) in [5, 5.41) is 0. The first-order chi connectivity index (χ1) is 12.0. The molecular formula is C16H16N6O3. The number of fused-ring (bicyclic) bond motifs is 1. The molecule has 9 heteroatoms. The Morgan fingerprint density at radius 3 is 2.84 bits per heavy atom. The van der Waals surface area contributed by atoms with Crippen molar-refractivity contribution >= 4 is 17.5 Å². The molecule has 0 radical (unpaired) electrons. The second-order valence-electron chi connectivity index (χ2n) is 5.95. The predicted octanol–water partition coefficient (Wildman–Crippen LogP) is 0.261. The first-order valence-electron chi connectivity index (χ1n) is 7.81. The Morgan fingerprint density at radius 1 is 1.36 bits per heavy atom. The molecule has 1 atom stereocenters. The highest BCUT2D eigenvalue weighted by Gasteiger charge is 2.28. The van der Waals surface area contributed by atoms with Gasteiger partial charge in [0.2, 0.25) is 0 Å². The number of hydrogen-bond donors (Lipinski definition) is 2. The minimum Gasteiger partial charge on any atom is -0.463 e. The van der Waals surface area contributed by atoms with Crippen molar-refractivity contribution in [3.63, 3.8) is 0 Å². The summed E-state index contributed by atoms with van der Waals surface area (Å²) in [6.45, 7) is 1.06. The Balaban J connectivity index is 1.90. The predicted molar refractivity (Wildman–Crippen MR) is 87.7 cm³/mol. The second-order valence-corrected chi connectivity index (χ2v) is 5.95. The van der Waals surface area contributed by atoms with Gasteiger partial charge in [0, 0.05) is 19.1 Å². The smallest absolute Gasteiger partial charge is 0.271 e. The minimum atomic E-state index is -0.715. The summed E-state index contributed by atoms with van der Waals surface area (Å²) >= 11 is 0. The molecule has 0 aromatic carbocycles. The summed E-state index contributed by atoms with van der Waals surface area (Å²) in [4.78, 5) is 34.7. The normalized spacial score (nSPS) is 17.3. The average molecular weight is 340 g/mol. The lowest BCUT2D eigenvalue weighted by Crippen LogP contribution is -2.33. The van der Waals surface area contributed by atoms with Gasteiger partial charge in [-0.1, -0.05) is 0 Å². The average Bonchev–Trinajstić information content (AvgIpc) is 3.32. The number of carbonyl (C=O) groups excluding carboxylic acids is 2. The minimum absolute atomic E-state index is 0.000537. The number of carbonyl (C=O) groups is 2. The van der Waals surface area contributed by atoms with Crippen molar-refractivity contribution in [2.45, 2.75) is 12.5 Å². The van der Waals surface area contributed by atoms with Gasteiger partial charge in [0.15, 0.2) is 17.1 Å². The quantitative estimate of drug-likeness (QED) is 0.703. The van der Waals surface area contributed by atoms with Crippen molar-refractivity contribution in [3.8, 4) is 11.5 Å². The summed E-state index contributed by atoms with van der Waals surface area (Å²) in [5.41, 5.74) is 12.2. The number of hydrogen-bond acceptors (Lipinski definition) is 6. The third kappa shape index (κ3) is 2.54. The maximum atomic E-state index is 13.0. The van der Waals surface area contributed by atoms with Gasteiger partial charge in [0.1, 0.15) is 17.7 Å². The highest BCUT2D eigenvalue weighted by atomic mass is 16.3. The number of imidazole rings is 1. The number of nitrogens with two attached hydrogens (primary N) is 2. The molecule has 1 saturated heterocycles. The summed E-state index contributed by atoms with van der Waals surface area (Å²) in [6.07, 6.45) is 3.63. The highest BCUT2D eigenvalue weighted by molar-refractivity contribution is 5.99.